The van der Waals surface area contributed by atoms with Crippen molar-refractivity contribution in [3.63, 3.8) is 0 Å². The third kappa shape index (κ3) is 1.85. The van der Waals surface area contributed by atoms with E-state index in [1.165, 1.54) is 30.8 Å². The second-order valence-electron chi connectivity index (χ2n) is 4.18. The van der Waals surface area contributed by atoms with E-state index in [1.807, 2.05) is 0 Å². The zero-order valence-electron chi connectivity index (χ0n) is 8.46. The molecule has 1 heterocycles. The predicted octanol–water partition coefficient (Wildman–Crippen LogP) is 2.84. The number of nitrogens with zero attached hydrogens (tertiary/aromatic N) is 1. The van der Waals surface area contributed by atoms with E-state index in [4.69, 9.17) is 0 Å². The number of hydrogen-bond acceptors (Lipinski definition) is 1. The highest BCUT2D eigenvalue weighted by molar-refractivity contribution is 5.49. The monoisotopic (exact) mass is 175 g/mol. The maximum Gasteiger partial charge on any atom is 0.0368 e. The minimum Gasteiger partial charge on any atom is -0.371 e. The minimum atomic E-state index is 0.862. The van der Waals surface area contributed by atoms with Crippen LogP contribution in [0.25, 0.3) is 0 Å². The van der Waals surface area contributed by atoms with E-state index in [-0.39, 0.29) is 0 Å². The Bertz CT molecular complexity index is 293. The molecule has 1 aliphatic heterocycles. The number of hydrogen-bond donors (Lipinski definition) is 0. The van der Waals surface area contributed by atoms with Crippen LogP contribution in [0.4, 0.5) is 5.69 Å². The molecule has 1 aliphatic rings. The second kappa shape index (κ2) is 3.41. The number of aryl methyl sites for hydroxylation is 1. The van der Waals surface area contributed by atoms with Crippen molar-refractivity contribution in [2.24, 2.45) is 5.92 Å². The molecule has 0 aliphatic carbocycles. The molecule has 0 bridgehead atoms. The fourth-order valence-corrected chi connectivity index (χ4v) is 1.99. The van der Waals surface area contributed by atoms with Gasteiger partial charge >= 0.3 is 0 Å². The normalized spacial score (nSPS) is 22.3. The summed E-state index contributed by atoms with van der Waals surface area (Å²) >= 11 is 0. The molecule has 2 rings (SSSR count). The number of anilines is 1. The van der Waals surface area contributed by atoms with Gasteiger partial charge in [0.05, 0.1) is 0 Å². The summed E-state index contributed by atoms with van der Waals surface area (Å²) in [4.78, 5) is 2.48. The van der Waals surface area contributed by atoms with Gasteiger partial charge in [0.25, 0.3) is 0 Å². The second-order valence-corrected chi connectivity index (χ2v) is 4.18. The molecule has 0 amide bonds. The molecular weight excluding hydrogens is 158 g/mol. The zero-order valence-corrected chi connectivity index (χ0v) is 8.46. The van der Waals surface area contributed by atoms with Crippen LogP contribution >= 0.6 is 0 Å². The fourth-order valence-electron chi connectivity index (χ4n) is 1.99. The lowest BCUT2D eigenvalue weighted by atomic mass is 10.2. The van der Waals surface area contributed by atoms with Gasteiger partial charge < -0.3 is 4.90 Å². The first-order chi connectivity index (χ1) is 6.25. The van der Waals surface area contributed by atoms with Crippen LogP contribution in [0.5, 0.6) is 0 Å². The third-order valence-electron chi connectivity index (χ3n) is 2.79. The SMILES string of the molecule is Cc1cccc(N2CCC(C)C2)c1. The molecule has 1 aromatic rings. The highest BCUT2D eigenvalue weighted by atomic mass is 15.1. The van der Waals surface area contributed by atoms with Crippen LogP contribution < -0.4 is 4.90 Å². The van der Waals surface area contributed by atoms with Gasteiger partial charge in [-0.1, -0.05) is 19.1 Å². The molecule has 1 heteroatoms. The molecule has 13 heavy (non-hydrogen) atoms. The van der Waals surface area contributed by atoms with Crippen molar-refractivity contribution >= 4 is 5.69 Å². The van der Waals surface area contributed by atoms with Crippen molar-refractivity contribution in [2.45, 2.75) is 20.3 Å². The average molecular weight is 175 g/mol. The number of rotatable bonds is 1. The Morgan fingerprint density at radius 2 is 2.23 bits per heavy atom. The predicted molar refractivity (Wildman–Crippen MR) is 57.2 cm³/mol. The van der Waals surface area contributed by atoms with Crippen LogP contribution in [0.1, 0.15) is 18.9 Å². The summed E-state index contributed by atoms with van der Waals surface area (Å²) in [5.41, 5.74) is 2.75. The van der Waals surface area contributed by atoms with Crippen molar-refractivity contribution in [3.05, 3.63) is 29.8 Å². The first-order valence-electron chi connectivity index (χ1n) is 5.07. The third-order valence-corrected chi connectivity index (χ3v) is 2.79. The Morgan fingerprint density at radius 3 is 2.85 bits per heavy atom. The lowest BCUT2D eigenvalue weighted by molar-refractivity contribution is 0.659. The van der Waals surface area contributed by atoms with Gasteiger partial charge in [0.1, 0.15) is 0 Å². The smallest absolute Gasteiger partial charge is 0.0368 e. The highest BCUT2D eigenvalue weighted by Crippen LogP contribution is 2.23. The van der Waals surface area contributed by atoms with Crippen molar-refractivity contribution < 1.29 is 0 Å². The van der Waals surface area contributed by atoms with Crippen molar-refractivity contribution in [1.82, 2.24) is 0 Å². The standard InChI is InChI=1S/C12H17N/c1-10-4-3-5-12(8-10)13-7-6-11(2)9-13/h3-5,8,11H,6-7,9H2,1-2H3. The Kier molecular flexibility index (Phi) is 2.26. The van der Waals surface area contributed by atoms with E-state index in [1.54, 1.807) is 0 Å². The van der Waals surface area contributed by atoms with Gasteiger partial charge in [-0.05, 0) is 37.0 Å². The van der Waals surface area contributed by atoms with Crippen LogP contribution in [-0.2, 0) is 0 Å². The van der Waals surface area contributed by atoms with E-state index >= 15 is 0 Å². The van der Waals surface area contributed by atoms with Gasteiger partial charge in [0.2, 0.25) is 0 Å². The number of benzene rings is 1. The highest BCUT2D eigenvalue weighted by Gasteiger charge is 2.18. The average Bonchev–Trinajstić information content (AvgIpc) is 2.52. The summed E-state index contributed by atoms with van der Waals surface area (Å²) < 4.78 is 0. The van der Waals surface area contributed by atoms with E-state index in [0.29, 0.717) is 0 Å². The topological polar surface area (TPSA) is 3.24 Å². The van der Waals surface area contributed by atoms with Crippen molar-refractivity contribution in [1.29, 1.82) is 0 Å². The van der Waals surface area contributed by atoms with E-state index < -0.39 is 0 Å². The van der Waals surface area contributed by atoms with Gasteiger partial charge in [-0.2, -0.15) is 0 Å². The molecule has 1 nitrogen and oxygen atoms in total. The molecule has 1 fully saturated rings. The maximum absolute atomic E-state index is 2.48. The lowest BCUT2D eigenvalue weighted by Crippen LogP contribution is -2.18. The molecule has 0 saturated carbocycles. The first kappa shape index (κ1) is 8.61. The maximum atomic E-state index is 2.48. The minimum absolute atomic E-state index is 0.862. The Labute approximate surface area is 80.4 Å². The largest absolute Gasteiger partial charge is 0.371 e. The van der Waals surface area contributed by atoms with Gasteiger partial charge in [-0.25, -0.2) is 0 Å². The molecule has 1 unspecified atom stereocenters. The van der Waals surface area contributed by atoms with Gasteiger partial charge in [0.15, 0.2) is 0 Å². The lowest BCUT2D eigenvalue weighted by Gasteiger charge is -2.18. The molecule has 0 radical (unpaired) electrons. The summed E-state index contributed by atoms with van der Waals surface area (Å²) in [6.45, 7) is 6.94. The van der Waals surface area contributed by atoms with Crippen LogP contribution in [0.2, 0.25) is 0 Å². The Hall–Kier alpha value is -0.980. The van der Waals surface area contributed by atoms with E-state index in [2.05, 4.69) is 43.0 Å². The summed E-state index contributed by atoms with van der Waals surface area (Å²) in [5, 5.41) is 0. The van der Waals surface area contributed by atoms with Crippen LogP contribution in [0.15, 0.2) is 24.3 Å². The summed E-state index contributed by atoms with van der Waals surface area (Å²) in [5.74, 6) is 0.862. The molecule has 1 aromatic carbocycles. The van der Waals surface area contributed by atoms with Gasteiger partial charge in [-0.3, -0.25) is 0 Å². The summed E-state index contributed by atoms with van der Waals surface area (Å²) in [6.07, 6.45) is 1.34. The Morgan fingerprint density at radius 1 is 1.38 bits per heavy atom. The summed E-state index contributed by atoms with van der Waals surface area (Å²) in [7, 11) is 0. The molecule has 1 atom stereocenters. The van der Waals surface area contributed by atoms with Gasteiger partial charge in [0, 0.05) is 18.8 Å². The molecule has 70 valence electrons. The molecule has 1 saturated heterocycles. The van der Waals surface area contributed by atoms with E-state index in [9.17, 15) is 0 Å². The van der Waals surface area contributed by atoms with Gasteiger partial charge in [-0.15, -0.1) is 0 Å². The zero-order chi connectivity index (χ0) is 9.26. The molecule has 0 spiro atoms. The van der Waals surface area contributed by atoms with Crippen LogP contribution in [0, 0.1) is 12.8 Å². The van der Waals surface area contributed by atoms with Crippen LogP contribution in [0.3, 0.4) is 0 Å². The fraction of sp³-hybridized carbons (Fsp3) is 0.500. The van der Waals surface area contributed by atoms with Crippen molar-refractivity contribution in [2.75, 3.05) is 18.0 Å². The quantitative estimate of drug-likeness (QED) is 0.634. The molecular formula is C12H17N. The van der Waals surface area contributed by atoms with Crippen LogP contribution in [-0.4, -0.2) is 13.1 Å². The first-order valence-corrected chi connectivity index (χ1v) is 5.07. The van der Waals surface area contributed by atoms with E-state index in [0.717, 1.165) is 5.92 Å². The summed E-state index contributed by atoms with van der Waals surface area (Å²) in [6, 6.07) is 8.79. The van der Waals surface area contributed by atoms with Crippen molar-refractivity contribution in [3.8, 4) is 0 Å². The Balaban J connectivity index is 2.16. The molecule has 0 N–H and O–H groups in total. The molecule has 0 aromatic heterocycles.